The van der Waals surface area contributed by atoms with E-state index in [1.54, 1.807) is 25.8 Å². The molecule has 0 fully saturated rings. The van der Waals surface area contributed by atoms with Gasteiger partial charge in [0.05, 0.1) is 23.7 Å². The van der Waals surface area contributed by atoms with Gasteiger partial charge in [0.15, 0.2) is 5.78 Å². The number of hydrogen-bond donors (Lipinski definition) is 0. The SMILES string of the molecule is C=C/C(=C\C=C/Cn1cnc2cc(C(C)=O)ccc21)Cn1ccnc1. The molecule has 0 aliphatic carbocycles. The first-order valence-corrected chi connectivity index (χ1v) is 8.07. The van der Waals surface area contributed by atoms with E-state index < -0.39 is 0 Å². The Morgan fingerprint density at radius 1 is 1.32 bits per heavy atom. The van der Waals surface area contributed by atoms with Crippen molar-refractivity contribution in [2.24, 2.45) is 0 Å². The van der Waals surface area contributed by atoms with Crippen LogP contribution >= 0.6 is 0 Å². The minimum absolute atomic E-state index is 0.0522. The molecule has 0 amide bonds. The van der Waals surface area contributed by atoms with E-state index >= 15 is 0 Å². The largest absolute Gasteiger partial charge is 0.333 e. The van der Waals surface area contributed by atoms with Crippen molar-refractivity contribution in [1.29, 1.82) is 0 Å². The maximum atomic E-state index is 11.4. The fourth-order valence-electron chi connectivity index (χ4n) is 2.57. The van der Waals surface area contributed by atoms with Crippen molar-refractivity contribution >= 4 is 16.8 Å². The number of allylic oxidation sites excluding steroid dienone is 5. The molecule has 0 atom stereocenters. The first-order valence-electron chi connectivity index (χ1n) is 8.07. The molecular formula is C20H20N4O. The molecule has 0 saturated carbocycles. The van der Waals surface area contributed by atoms with Gasteiger partial charge in [-0.1, -0.05) is 30.9 Å². The molecule has 0 aliphatic heterocycles. The number of nitrogens with zero attached hydrogens (tertiary/aromatic N) is 4. The molecule has 5 heteroatoms. The molecule has 0 unspecified atom stereocenters. The number of benzene rings is 1. The second-order valence-electron chi connectivity index (χ2n) is 5.77. The summed E-state index contributed by atoms with van der Waals surface area (Å²) in [7, 11) is 0. The van der Waals surface area contributed by atoms with Crippen molar-refractivity contribution in [1.82, 2.24) is 19.1 Å². The summed E-state index contributed by atoms with van der Waals surface area (Å²) in [6.07, 6.45) is 15.2. The van der Waals surface area contributed by atoms with E-state index in [9.17, 15) is 4.79 Å². The van der Waals surface area contributed by atoms with Gasteiger partial charge < -0.3 is 9.13 Å². The van der Waals surface area contributed by atoms with Crippen LogP contribution in [0, 0.1) is 0 Å². The number of fused-ring (bicyclic) bond motifs is 1. The number of carbonyl (C=O) groups excluding carboxylic acids is 1. The molecule has 0 saturated heterocycles. The summed E-state index contributed by atoms with van der Waals surface area (Å²) in [6.45, 7) is 6.87. The Labute approximate surface area is 146 Å². The van der Waals surface area contributed by atoms with E-state index in [0.29, 0.717) is 12.1 Å². The van der Waals surface area contributed by atoms with Crippen molar-refractivity contribution < 1.29 is 4.79 Å². The summed E-state index contributed by atoms with van der Waals surface area (Å²) in [6, 6.07) is 5.61. The summed E-state index contributed by atoms with van der Waals surface area (Å²) in [4.78, 5) is 19.9. The Morgan fingerprint density at radius 3 is 2.92 bits per heavy atom. The molecule has 126 valence electrons. The smallest absolute Gasteiger partial charge is 0.159 e. The molecule has 25 heavy (non-hydrogen) atoms. The highest BCUT2D eigenvalue weighted by atomic mass is 16.1. The normalized spacial score (nSPS) is 12.1. The molecule has 0 aliphatic rings. The van der Waals surface area contributed by atoms with Crippen molar-refractivity contribution in [3.05, 3.63) is 85.3 Å². The molecular weight excluding hydrogens is 312 g/mol. The van der Waals surface area contributed by atoms with E-state index in [4.69, 9.17) is 0 Å². The van der Waals surface area contributed by atoms with Crippen LogP contribution in [0.3, 0.4) is 0 Å². The summed E-state index contributed by atoms with van der Waals surface area (Å²) >= 11 is 0. The number of imidazole rings is 2. The zero-order valence-electron chi connectivity index (χ0n) is 14.2. The third-order valence-electron chi connectivity index (χ3n) is 3.96. The van der Waals surface area contributed by atoms with Crippen LogP contribution in [0.1, 0.15) is 17.3 Å². The average molecular weight is 332 g/mol. The van der Waals surface area contributed by atoms with Crippen molar-refractivity contribution in [2.75, 3.05) is 0 Å². The number of aromatic nitrogens is 4. The lowest BCUT2D eigenvalue weighted by Gasteiger charge is -2.02. The van der Waals surface area contributed by atoms with Crippen LogP contribution in [0.5, 0.6) is 0 Å². The Hall–Kier alpha value is -3.21. The second-order valence-corrected chi connectivity index (χ2v) is 5.77. The Balaban J connectivity index is 1.69. The lowest BCUT2D eigenvalue weighted by molar-refractivity contribution is 0.101. The standard InChI is InChI=1S/C20H20N4O/c1-3-17(13-23-11-9-21-14-23)6-4-5-10-24-15-22-19-12-18(16(2)25)7-8-20(19)24/h3-9,11-12,14-15H,1,10,13H2,2H3/b5-4-,17-6+. The average Bonchev–Trinajstić information content (AvgIpc) is 3.26. The Morgan fingerprint density at radius 2 is 2.20 bits per heavy atom. The van der Waals surface area contributed by atoms with Crippen LogP contribution in [-0.2, 0) is 13.1 Å². The van der Waals surface area contributed by atoms with Gasteiger partial charge in [0, 0.05) is 31.0 Å². The van der Waals surface area contributed by atoms with Crippen LogP contribution < -0.4 is 0 Å². The molecule has 0 N–H and O–H groups in total. The lowest BCUT2D eigenvalue weighted by atomic mass is 10.1. The van der Waals surface area contributed by atoms with Crippen molar-refractivity contribution in [3.63, 3.8) is 0 Å². The van der Waals surface area contributed by atoms with Gasteiger partial charge >= 0.3 is 0 Å². The minimum Gasteiger partial charge on any atom is -0.333 e. The molecule has 2 aromatic heterocycles. The molecule has 2 heterocycles. The van der Waals surface area contributed by atoms with E-state index in [2.05, 4.69) is 22.6 Å². The first-order chi connectivity index (χ1) is 12.2. The van der Waals surface area contributed by atoms with Gasteiger partial charge in [-0.15, -0.1) is 0 Å². The molecule has 0 spiro atoms. The highest BCUT2D eigenvalue weighted by molar-refractivity contribution is 5.97. The number of carbonyl (C=O) groups is 1. The van der Waals surface area contributed by atoms with Crippen LogP contribution in [0.25, 0.3) is 11.0 Å². The molecule has 1 aromatic carbocycles. The van der Waals surface area contributed by atoms with Crippen LogP contribution in [0.15, 0.2) is 79.7 Å². The highest BCUT2D eigenvalue weighted by Gasteiger charge is 2.05. The summed E-state index contributed by atoms with van der Waals surface area (Å²) in [5.74, 6) is 0.0522. The second kappa shape index (κ2) is 7.57. The number of Topliss-reactive ketones (excluding diaryl/α,β-unsaturated/α-hetero) is 1. The van der Waals surface area contributed by atoms with E-state index in [0.717, 1.165) is 23.2 Å². The third kappa shape index (κ3) is 4.01. The van der Waals surface area contributed by atoms with Crippen molar-refractivity contribution in [3.8, 4) is 0 Å². The fraction of sp³-hybridized carbons (Fsp3) is 0.150. The molecule has 5 nitrogen and oxygen atoms in total. The van der Waals surface area contributed by atoms with Gasteiger partial charge in [-0.05, 0) is 30.7 Å². The molecule has 3 aromatic rings. The predicted octanol–water partition coefficient (Wildman–Crippen LogP) is 3.80. The van der Waals surface area contributed by atoms with Gasteiger partial charge in [-0.2, -0.15) is 0 Å². The summed E-state index contributed by atoms with van der Waals surface area (Å²) < 4.78 is 4.05. The van der Waals surface area contributed by atoms with Crippen molar-refractivity contribution in [2.45, 2.75) is 20.0 Å². The van der Waals surface area contributed by atoms with Gasteiger partial charge in [0.1, 0.15) is 0 Å². The number of hydrogen-bond acceptors (Lipinski definition) is 3. The van der Waals surface area contributed by atoms with E-state index in [-0.39, 0.29) is 5.78 Å². The third-order valence-corrected chi connectivity index (χ3v) is 3.96. The zero-order chi connectivity index (χ0) is 17.6. The van der Waals surface area contributed by atoms with E-state index in [1.807, 2.05) is 51.8 Å². The van der Waals surface area contributed by atoms with Gasteiger partial charge in [-0.3, -0.25) is 4.79 Å². The Bertz CT molecular complexity index is 945. The summed E-state index contributed by atoms with van der Waals surface area (Å²) in [5.41, 5.74) is 3.65. The van der Waals surface area contributed by atoms with E-state index in [1.165, 1.54) is 0 Å². The minimum atomic E-state index is 0.0522. The zero-order valence-corrected chi connectivity index (χ0v) is 14.2. The summed E-state index contributed by atoms with van der Waals surface area (Å²) in [5, 5.41) is 0. The number of ketones is 1. The van der Waals surface area contributed by atoms with Gasteiger partial charge in [0.2, 0.25) is 0 Å². The maximum absolute atomic E-state index is 11.4. The Kier molecular flexibility index (Phi) is 5.04. The molecule has 0 bridgehead atoms. The van der Waals surface area contributed by atoms with Crippen LogP contribution in [0.4, 0.5) is 0 Å². The highest BCUT2D eigenvalue weighted by Crippen LogP contribution is 2.15. The quantitative estimate of drug-likeness (QED) is 0.488. The van der Waals surface area contributed by atoms with Gasteiger partial charge in [0.25, 0.3) is 0 Å². The predicted molar refractivity (Wildman–Crippen MR) is 99.4 cm³/mol. The van der Waals surface area contributed by atoms with Crippen LogP contribution in [-0.4, -0.2) is 24.9 Å². The topological polar surface area (TPSA) is 52.7 Å². The lowest BCUT2D eigenvalue weighted by Crippen LogP contribution is -1.96. The fourth-order valence-corrected chi connectivity index (χ4v) is 2.57. The van der Waals surface area contributed by atoms with Gasteiger partial charge in [-0.25, -0.2) is 9.97 Å². The molecule has 3 rings (SSSR count). The first kappa shape index (κ1) is 16.6. The molecule has 0 radical (unpaired) electrons. The maximum Gasteiger partial charge on any atom is 0.159 e. The monoisotopic (exact) mass is 332 g/mol. The van der Waals surface area contributed by atoms with Crippen LogP contribution in [0.2, 0.25) is 0 Å². The number of rotatable bonds is 7.